The summed E-state index contributed by atoms with van der Waals surface area (Å²) in [6, 6.07) is 0. The van der Waals surface area contributed by atoms with Crippen LogP contribution in [0.5, 0.6) is 0 Å². The summed E-state index contributed by atoms with van der Waals surface area (Å²) in [4.78, 5) is 0. The highest BCUT2D eigenvalue weighted by atomic mass is 79.9. The van der Waals surface area contributed by atoms with Crippen molar-refractivity contribution in [1.29, 1.82) is 0 Å². The first-order valence-corrected chi connectivity index (χ1v) is 8.43. The van der Waals surface area contributed by atoms with Gasteiger partial charge in [0.25, 0.3) is 0 Å². The summed E-state index contributed by atoms with van der Waals surface area (Å²) in [5, 5.41) is 0. The standard InChI is InChI=1S/C6H13Br4N2O3P/c1-5(3-11(7)8)14-16(13)15-6(2)4-12(9)10/h5-6,16H,3-4H2,1-2H3. The van der Waals surface area contributed by atoms with E-state index in [2.05, 4.69) is 64.6 Å². The van der Waals surface area contributed by atoms with Crippen molar-refractivity contribution in [3.63, 3.8) is 0 Å². The molecule has 0 saturated carbocycles. The van der Waals surface area contributed by atoms with Crippen molar-refractivity contribution >= 4 is 72.8 Å². The SMILES string of the molecule is CC(CN(Br)Br)O[PH](=O)OC(C)CN(Br)Br. The van der Waals surface area contributed by atoms with Crippen LogP contribution in [0.4, 0.5) is 0 Å². The quantitative estimate of drug-likeness (QED) is 0.364. The monoisotopic (exact) mass is 508 g/mol. The zero-order chi connectivity index (χ0) is 12.7. The first-order chi connectivity index (χ1) is 7.31. The molecule has 10 heteroatoms. The zero-order valence-corrected chi connectivity index (χ0v) is 16.0. The van der Waals surface area contributed by atoms with E-state index in [1.807, 2.05) is 13.8 Å². The number of nitrogens with zero attached hydrogens (tertiary/aromatic N) is 2. The molecule has 0 bridgehead atoms. The minimum absolute atomic E-state index is 0.193. The maximum Gasteiger partial charge on any atom is 0.319 e. The van der Waals surface area contributed by atoms with Crippen LogP contribution in [0.25, 0.3) is 0 Å². The van der Waals surface area contributed by atoms with Gasteiger partial charge in [0.05, 0.1) is 12.2 Å². The molecule has 0 aliphatic heterocycles. The Morgan fingerprint density at radius 2 is 1.31 bits per heavy atom. The second-order valence-corrected chi connectivity index (χ2v) is 9.38. The minimum atomic E-state index is -2.46. The van der Waals surface area contributed by atoms with Gasteiger partial charge in [-0.1, -0.05) is 0 Å². The van der Waals surface area contributed by atoms with Crippen LogP contribution in [0.15, 0.2) is 0 Å². The Kier molecular flexibility index (Phi) is 11.1. The van der Waals surface area contributed by atoms with E-state index in [1.54, 1.807) is 5.90 Å². The highest BCUT2D eigenvalue weighted by molar-refractivity contribution is 9.21. The number of halogens is 4. The molecule has 0 heterocycles. The molecule has 0 spiro atoms. The minimum Gasteiger partial charge on any atom is -0.306 e. The van der Waals surface area contributed by atoms with Gasteiger partial charge in [-0.3, -0.25) is 4.57 Å². The summed E-state index contributed by atoms with van der Waals surface area (Å²) >= 11 is 12.7. The summed E-state index contributed by atoms with van der Waals surface area (Å²) in [6.45, 7) is 4.73. The Morgan fingerprint density at radius 1 is 1.00 bits per heavy atom. The first kappa shape index (κ1) is 18.0. The van der Waals surface area contributed by atoms with Gasteiger partial charge in [0.1, 0.15) is 0 Å². The van der Waals surface area contributed by atoms with Crippen molar-refractivity contribution < 1.29 is 13.6 Å². The molecule has 0 rings (SSSR count). The lowest BCUT2D eigenvalue weighted by atomic mass is 10.4. The summed E-state index contributed by atoms with van der Waals surface area (Å²) in [5.74, 6) is 0. The smallest absolute Gasteiger partial charge is 0.306 e. The van der Waals surface area contributed by atoms with Gasteiger partial charge in [-0.05, 0) is 13.8 Å². The molecule has 0 aromatic rings. The topological polar surface area (TPSA) is 42.0 Å². The van der Waals surface area contributed by atoms with Crippen molar-refractivity contribution in [3.8, 4) is 0 Å². The van der Waals surface area contributed by atoms with Crippen LogP contribution in [-0.2, 0) is 13.6 Å². The molecule has 0 aromatic carbocycles. The molecule has 0 aliphatic rings. The molecule has 0 aromatic heterocycles. The first-order valence-electron chi connectivity index (χ1n) is 4.36. The lowest BCUT2D eigenvalue weighted by Crippen LogP contribution is -2.19. The molecule has 98 valence electrons. The van der Waals surface area contributed by atoms with Crippen molar-refractivity contribution in [2.45, 2.75) is 26.1 Å². The average Bonchev–Trinajstić information content (AvgIpc) is 1.97. The molecule has 5 nitrogen and oxygen atoms in total. The van der Waals surface area contributed by atoms with Crippen LogP contribution in [0.3, 0.4) is 0 Å². The van der Waals surface area contributed by atoms with Crippen LogP contribution in [0.1, 0.15) is 13.8 Å². The van der Waals surface area contributed by atoms with E-state index in [4.69, 9.17) is 9.05 Å². The van der Waals surface area contributed by atoms with Crippen LogP contribution in [0, 0.1) is 0 Å². The van der Waals surface area contributed by atoms with Crippen LogP contribution in [0.2, 0.25) is 0 Å². The molecule has 0 radical (unpaired) electrons. The molecule has 0 N–H and O–H groups in total. The third-order valence-corrected chi connectivity index (χ3v) is 3.73. The van der Waals surface area contributed by atoms with E-state index in [0.717, 1.165) is 0 Å². The van der Waals surface area contributed by atoms with E-state index >= 15 is 0 Å². The van der Waals surface area contributed by atoms with E-state index in [9.17, 15) is 4.57 Å². The van der Waals surface area contributed by atoms with Gasteiger partial charge >= 0.3 is 8.25 Å². The molecule has 0 saturated heterocycles. The third-order valence-electron chi connectivity index (χ3n) is 1.39. The molecule has 2 atom stereocenters. The Bertz CT molecular complexity index is 202. The van der Waals surface area contributed by atoms with Gasteiger partial charge in [0.2, 0.25) is 0 Å². The summed E-state index contributed by atoms with van der Waals surface area (Å²) < 4.78 is 25.0. The average molecular weight is 512 g/mol. The molecular formula is C6H13Br4N2O3P. The normalized spacial score (nSPS) is 17.8. The largest absolute Gasteiger partial charge is 0.319 e. The van der Waals surface area contributed by atoms with Crippen molar-refractivity contribution in [3.05, 3.63) is 0 Å². The Morgan fingerprint density at radius 3 is 1.56 bits per heavy atom. The molecule has 0 fully saturated rings. The zero-order valence-electron chi connectivity index (χ0n) is 8.70. The third kappa shape index (κ3) is 11.1. The molecule has 0 amide bonds. The van der Waals surface area contributed by atoms with Crippen LogP contribution < -0.4 is 0 Å². The molecule has 0 aliphatic carbocycles. The second-order valence-electron chi connectivity index (χ2n) is 3.08. The van der Waals surface area contributed by atoms with E-state index in [1.165, 1.54) is 0 Å². The fraction of sp³-hybridized carbons (Fsp3) is 1.00. The highest BCUT2D eigenvalue weighted by Crippen LogP contribution is 2.29. The van der Waals surface area contributed by atoms with Crippen LogP contribution in [-0.4, -0.2) is 31.2 Å². The summed E-state index contributed by atoms with van der Waals surface area (Å²) in [6.07, 6.45) is -0.386. The second kappa shape index (κ2) is 9.86. The highest BCUT2D eigenvalue weighted by Gasteiger charge is 2.14. The van der Waals surface area contributed by atoms with Crippen molar-refractivity contribution in [1.82, 2.24) is 5.90 Å². The number of hydrogen-bond acceptors (Lipinski definition) is 5. The maximum absolute atomic E-state index is 11.5. The van der Waals surface area contributed by atoms with Gasteiger partial charge in [-0.15, -0.1) is 0 Å². The summed E-state index contributed by atoms with van der Waals surface area (Å²) in [7, 11) is -2.46. The van der Waals surface area contributed by atoms with Crippen LogP contribution >= 0.6 is 72.8 Å². The maximum atomic E-state index is 11.5. The predicted octanol–water partition coefficient (Wildman–Crippen LogP) is 4.03. The Labute approximate surface area is 130 Å². The van der Waals surface area contributed by atoms with E-state index < -0.39 is 8.25 Å². The number of hydrogen-bond donors (Lipinski definition) is 0. The Balaban J connectivity index is 3.80. The number of rotatable bonds is 8. The van der Waals surface area contributed by atoms with Gasteiger partial charge in [-0.2, -0.15) is 5.90 Å². The van der Waals surface area contributed by atoms with E-state index in [-0.39, 0.29) is 12.2 Å². The fourth-order valence-corrected chi connectivity index (χ4v) is 3.31. The summed E-state index contributed by atoms with van der Waals surface area (Å²) in [5.41, 5.74) is 0. The fourth-order valence-electron chi connectivity index (χ4n) is 0.820. The van der Waals surface area contributed by atoms with Crippen molar-refractivity contribution in [2.24, 2.45) is 0 Å². The van der Waals surface area contributed by atoms with Gasteiger partial charge < -0.3 is 9.05 Å². The lowest BCUT2D eigenvalue weighted by Gasteiger charge is -2.18. The van der Waals surface area contributed by atoms with Crippen molar-refractivity contribution in [2.75, 3.05) is 13.1 Å². The van der Waals surface area contributed by atoms with Gasteiger partial charge in [-0.25, -0.2) is 0 Å². The molecule has 16 heavy (non-hydrogen) atoms. The van der Waals surface area contributed by atoms with E-state index in [0.29, 0.717) is 13.1 Å². The van der Waals surface area contributed by atoms with Gasteiger partial charge in [0, 0.05) is 77.7 Å². The lowest BCUT2D eigenvalue weighted by molar-refractivity contribution is 0.140. The predicted molar refractivity (Wildman–Crippen MR) is 79.2 cm³/mol. The molecular weight excluding hydrogens is 499 g/mol. The molecule has 2 unspecified atom stereocenters. The Hall–Kier alpha value is 1.99. The van der Waals surface area contributed by atoms with Gasteiger partial charge in [0.15, 0.2) is 0 Å².